The minimum absolute atomic E-state index is 0.335. The maximum atomic E-state index is 11.3. The Balaban J connectivity index is 2.37. The van der Waals surface area contributed by atoms with E-state index in [1.165, 1.54) is 18.4 Å². The molecule has 0 bridgehead atoms. The SMILES string of the molecule is COC(=O)c1ccc(-c2cccc(C#N)c2)s1. The fraction of sp³-hybridized carbons (Fsp3) is 0.0769. The molecule has 0 aliphatic heterocycles. The Morgan fingerprint density at radius 3 is 2.88 bits per heavy atom. The molecule has 1 aromatic carbocycles. The van der Waals surface area contributed by atoms with E-state index in [0.717, 1.165) is 10.4 Å². The van der Waals surface area contributed by atoms with Gasteiger partial charge in [-0.05, 0) is 29.8 Å². The van der Waals surface area contributed by atoms with E-state index in [4.69, 9.17) is 5.26 Å². The summed E-state index contributed by atoms with van der Waals surface area (Å²) in [5.74, 6) is -0.335. The molecule has 0 saturated heterocycles. The maximum Gasteiger partial charge on any atom is 0.348 e. The summed E-state index contributed by atoms with van der Waals surface area (Å²) < 4.78 is 4.65. The molecule has 4 heteroatoms. The largest absolute Gasteiger partial charge is 0.465 e. The molecule has 0 N–H and O–H groups in total. The zero-order valence-corrected chi connectivity index (χ0v) is 9.95. The van der Waals surface area contributed by atoms with Crippen molar-refractivity contribution in [1.29, 1.82) is 5.26 Å². The van der Waals surface area contributed by atoms with Crippen LogP contribution in [-0.4, -0.2) is 13.1 Å². The third kappa shape index (κ3) is 2.35. The van der Waals surface area contributed by atoms with Crippen LogP contribution in [0.3, 0.4) is 0 Å². The van der Waals surface area contributed by atoms with Gasteiger partial charge in [0.05, 0.1) is 18.7 Å². The number of nitriles is 1. The second-order valence-electron chi connectivity index (χ2n) is 3.35. The minimum atomic E-state index is -0.335. The van der Waals surface area contributed by atoms with E-state index < -0.39 is 0 Å². The highest BCUT2D eigenvalue weighted by atomic mass is 32.1. The van der Waals surface area contributed by atoms with Gasteiger partial charge in [0.25, 0.3) is 0 Å². The maximum absolute atomic E-state index is 11.3. The molecule has 1 heterocycles. The molecule has 0 amide bonds. The van der Waals surface area contributed by atoms with Crippen molar-refractivity contribution < 1.29 is 9.53 Å². The average molecular weight is 243 g/mol. The normalized spacial score (nSPS) is 9.65. The number of hydrogen-bond donors (Lipinski definition) is 0. The molecule has 84 valence electrons. The third-order valence-corrected chi connectivity index (χ3v) is 3.38. The molecule has 0 spiro atoms. The van der Waals surface area contributed by atoms with Crippen molar-refractivity contribution in [3.05, 3.63) is 46.8 Å². The number of esters is 1. The topological polar surface area (TPSA) is 50.1 Å². The second-order valence-corrected chi connectivity index (χ2v) is 4.43. The van der Waals surface area contributed by atoms with E-state index in [1.807, 2.05) is 18.2 Å². The first kappa shape index (κ1) is 11.4. The number of thiophene rings is 1. The van der Waals surface area contributed by atoms with Gasteiger partial charge < -0.3 is 4.74 Å². The standard InChI is InChI=1S/C13H9NO2S/c1-16-13(15)12-6-5-11(17-12)10-4-2-3-9(7-10)8-14/h2-7H,1H3. The molecular formula is C13H9NO2S. The molecule has 3 nitrogen and oxygen atoms in total. The van der Waals surface area contributed by atoms with Gasteiger partial charge in [0.15, 0.2) is 0 Å². The van der Waals surface area contributed by atoms with Gasteiger partial charge in [0.2, 0.25) is 0 Å². The summed E-state index contributed by atoms with van der Waals surface area (Å²) in [5, 5.41) is 8.82. The predicted octanol–water partition coefficient (Wildman–Crippen LogP) is 3.07. The molecule has 0 aliphatic carbocycles. The number of carbonyl (C=O) groups is 1. The first-order valence-electron chi connectivity index (χ1n) is 4.93. The highest BCUT2D eigenvalue weighted by Gasteiger charge is 2.10. The van der Waals surface area contributed by atoms with Gasteiger partial charge in [-0.15, -0.1) is 11.3 Å². The van der Waals surface area contributed by atoms with Gasteiger partial charge in [-0.3, -0.25) is 0 Å². The highest BCUT2D eigenvalue weighted by Crippen LogP contribution is 2.28. The van der Waals surface area contributed by atoms with Crippen LogP contribution in [0.25, 0.3) is 10.4 Å². The summed E-state index contributed by atoms with van der Waals surface area (Å²) in [5.41, 5.74) is 1.54. The summed E-state index contributed by atoms with van der Waals surface area (Å²) in [4.78, 5) is 12.8. The van der Waals surface area contributed by atoms with Crippen molar-refractivity contribution in [2.45, 2.75) is 0 Å². The number of benzene rings is 1. The van der Waals surface area contributed by atoms with Gasteiger partial charge in [0, 0.05) is 4.88 Å². The predicted molar refractivity (Wildman–Crippen MR) is 65.8 cm³/mol. The van der Waals surface area contributed by atoms with Crippen molar-refractivity contribution in [3.8, 4) is 16.5 Å². The molecule has 2 aromatic rings. The summed E-state index contributed by atoms with van der Waals surface area (Å²) in [7, 11) is 1.36. The number of carbonyl (C=O) groups excluding carboxylic acids is 1. The van der Waals surface area contributed by atoms with Gasteiger partial charge >= 0.3 is 5.97 Å². The molecule has 0 unspecified atom stereocenters. The Kier molecular flexibility index (Phi) is 3.22. The van der Waals surface area contributed by atoms with E-state index in [9.17, 15) is 4.79 Å². The Bertz CT molecular complexity index is 595. The summed E-state index contributed by atoms with van der Waals surface area (Å²) >= 11 is 1.35. The first-order valence-corrected chi connectivity index (χ1v) is 5.75. The van der Waals surface area contributed by atoms with Crippen LogP contribution in [0.2, 0.25) is 0 Å². The Labute approximate surface area is 103 Å². The van der Waals surface area contributed by atoms with Crippen molar-refractivity contribution in [2.75, 3.05) is 7.11 Å². The van der Waals surface area contributed by atoms with Gasteiger partial charge in [-0.2, -0.15) is 5.26 Å². The van der Waals surface area contributed by atoms with Crippen molar-refractivity contribution in [3.63, 3.8) is 0 Å². The lowest BCUT2D eigenvalue weighted by Crippen LogP contribution is -1.96. The number of ether oxygens (including phenoxy) is 1. The fourth-order valence-corrected chi connectivity index (χ4v) is 2.37. The zero-order valence-electron chi connectivity index (χ0n) is 9.14. The molecule has 2 rings (SSSR count). The van der Waals surface area contributed by atoms with E-state index in [0.29, 0.717) is 10.4 Å². The Morgan fingerprint density at radius 1 is 1.35 bits per heavy atom. The summed E-state index contributed by atoms with van der Waals surface area (Å²) in [6, 6.07) is 13.0. The Morgan fingerprint density at radius 2 is 2.18 bits per heavy atom. The smallest absolute Gasteiger partial charge is 0.348 e. The zero-order chi connectivity index (χ0) is 12.3. The molecule has 17 heavy (non-hydrogen) atoms. The number of methoxy groups -OCH3 is 1. The number of rotatable bonds is 2. The molecule has 0 saturated carbocycles. The van der Waals surface area contributed by atoms with Crippen molar-refractivity contribution in [1.82, 2.24) is 0 Å². The molecule has 0 fully saturated rings. The summed E-state index contributed by atoms with van der Waals surface area (Å²) in [6.07, 6.45) is 0. The summed E-state index contributed by atoms with van der Waals surface area (Å²) in [6.45, 7) is 0. The Hall–Kier alpha value is -2.12. The van der Waals surface area contributed by atoms with Crippen molar-refractivity contribution in [2.24, 2.45) is 0 Å². The fourth-order valence-electron chi connectivity index (χ4n) is 1.45. The van der Waals surface area contributed by atoms with Crippen LogP contribution in [0.5, 0.6) is 0 Å². The quantitative estimate of drug-likeness (QED) is 0.761. The molecule has 0 radical (unpaired) electrons. The second kappa shape index (κ2) is 4.81. The van der Waals surface area contributed by atoms with Crippen LogP contribution in [0, 0.1) is 11.3 Å². The van der Waals surface area contributed by atoms with Crippen molar-refractivity contribution >= 4 is 17.3 Å². The average Bonchev–Trinajstić information content (AvgIpc) is 2.87. The van der Waals surface area contributed by atoms with Crippen LogP contribution < -0.4 is 0 Å². The van der Waals surface area contributed by atoms with E-state index in [-0.39, 0.29) is 5.97 Å². The molecule has 1 aromatic heterocycles. The third-order valence-electron chi connectivity index (χ3n) is 2.27. The van der Waals surface area contributed by atoms with Crippen LogP contribution in [0.15, 0.2) is 36.4 Å². The van der Waals surface area contributed by atoms with Crippen LogP contribution in [0.1, 0.15) is 15.2 Å². The lowest BCUT2D eigenvalue weighted by molar-refractivity contribution is 0.0606. The van der Waals surface area contributed by atoms with E-state index >= 15 is 0 Å². The van der Waals surface area contributed by atoms with E-state index in [2.05, 4.69) is 10.8 Å². The molecule has 0 atom stereocenters. The lowest BCUT2D eigenvalue weighted by Gasteiger charge is -1.97. The number of nitrogens with zero attached hydrogens (tertiary/aromatic N) is 1. The van der Waals surface area contributed by atoms with Gasteiger partial charge in [-0.25, -0.2) is 4.79 Å². The highest BCUT2D eigenvalue weighted by molar-refractivity contribution is 7.17. The van der Waals surface area contributed by atoms with Crippen LogP contribution in [0.4, 0.5) is 0 Å². The van der Waals surface area contributed by atoms with Gasteiger partial charge in [-0.1, -0.05) is 12.1 Å². The monoisotopic (exact) mass is 243 g/mol. The van der Waals surface area contributed by atoms with Gasteiger partial charge in [0.1, 0.15) is 4.88 Å². The first-order chi connectivity index (χ1) is 8.24. The molecule has 0 aliphatic rings. The molecular weight excluding hydrogens is 234 g/mol. The van der Waals surface area contributed by atoms with Crippen LogP contribution in [-0.2, 0) is 4.74 Å². The number of hydrogen-bond acceptors (Lipinski definition) is 4. The van der Waals surface area contributed by atoms with Crippen LogP contribution >= 0.6 is 11.3 Å². The van der Waals surface area contributed by atoms with E-state index in [1.54, 1.807) is 18.2 Å². The lowest BCUT2D eigenvalue weighted by atomic mass is 10.1. The minimum Gasteiger partial charge on any atom is -0.465 e.